The van der Waals surface area contributed by atoms with Gasteiger partial charge in [0.05, 0.1) is 11.7 Å². The van der Waals surface area contributed by atoms with Crippen LogP contribution in [0.15, 0.2) is 71.7 Å². The highest BCUT2D eigenvalue weighted by atomic mass is 19.1. The molecule has 0 aliphatic carbocycles. The molecule has 0 unspecified atom stereocenters. The average molecular weight is 317 g/mol. The second-order valence-corrected chi connectivity index (χ2v) is 5.38. The third kappa shape index (κ3) is 2.36. The summed E-state index contributed by atoms with van der Waals surface area (Å²) >= 11 is 0. The summed E-state index contributed by atoms with van der Waals surface area (Å²) in [5.41, 5.74) is 2.19. The molecule has 4 nitrogen and oxygen atoms in total. The van der Waals surface area contributed by atoms with Crippen LogP contribution in [0.3, 0.4) is 0 Å². The van der Waals surface area contributed by atoms with Crippen molar-refractivity contribution in [1.29, 1.82) is 0 Å². The van der Waals surface area contributed by atoms with Gasteiger partial charge >= 0.3 is 0 Å². The minimum absolute atomic E-state index is 0.251. The molecule has 4 rings (SSSR count). The Morgan fingerprint density at radius 2 is 1.67 bits per heavy atom. The van der Waals surface area contributed by atoms with E-state index in [4.69, 9.17) is 0 Å². The van der Waals surface area contributed by atoms with Crippen molar-refractivity contribution in [2.24, 2.45) is 0 Å². The number of hydrogen-bond donors (Lipinski definition) is 1. The number of benzene rings is 2. The lowest BCUT2D eigenvalue weighted by Crippen LogP contribution is -2.10. The molecular formula is C19H12FN3O. The van der Waals surface area contributed by atoms with Gasteiger partial charge in [0.25, 0.3) is 5.56 Å². The molecule has 0 saturated carbocycles. The van der Waals surface area contributed by atoms with Gasteiger partial charge in [-0.2, -0.15) is 5.10 Å². The molecule has 4 aromatic rings. The Labute approximate surface area is 136 Å². The van der Waals surface area contributed by atoms with Gasteiger partial charge in [-0.3, -0.25) is 4.79 Å². The smallest absolute Gasteiger partial charge is 0.256 e. The van der Waals surface area contributed by atoms with Crippen LogP contribution in [0.4, 0.5) is 4.39 Å². The number of aromatic nitrogens is 3. The van der Waals surface area contributed by atoms with E-state index < -0.39 is 5.82 Å². The van der Waals surface area contributed by atoms with Crippen LogP contribution in [0.25, 0.3) is 33.3 Å². The Bertz CT molecular complexity index is 1090. The summed E-state index contributed by atoms with van der Waals surface area (Å²) in [5, 5.41) is 8.67. The van der Waals surface area contributed by atoms with Crippen molar-refractivity contribution in [2.75, 3.05) is 0 Å². The van der Waals surface area contributed by atoms with Crippen LogP contribution in [0, 0.1) is 5.82 Å². The lowest BCUT2D eigenvalue weighted by molar-refractivity contribution is 0.630. The Hall–Kier alpha value is -3.34. The summed E-state index contributed by atoms with van der Waals surface area (Å²) in [4.78, 5) is 15.3. The van der Waals surface area contributed by atoms with Crippen LogP contribution >= 0.6 is 0 Å². The summed E-state index contributed by atoms with van der Waals surface area (Å²) in [6.45, 7) is 0. The summed E-state index contributed by atoms with van der Waals surface area (Å²) in [7, 11) is 0. The molecule has 1 N–H and O–H groups in total. The number of halogens is 1. The second-order valence-electron chi connectivity index (χ2n) is 5.38. The van der Waals surface area contributed by atoms with E-state index in [9.17, 15) is 9.18 Å². The zero-order valence-electron chi connectivity index (χ0n) is 12.5. The van der Waals surface area contributed by atoms with Gasteiger partial charge in [-0.1, -0.05) is 42.5 Å². The monoisotopic (exact) mass is 317 g/mol. The maximum absolute atomic E-state index is 14.1. The van der Waals surface area contributed by atoms with Gasteiger partial charge in [0.15, 0.2) is 0 Å². The van der Waals surface area contributed by atoms with Crippen molar-refractivity contribution >= 4 is 10.9 Å². The Kier molecular flexibility index (Phi) is 3.39. The predicted octanol–water partition coefficient (Wildman–Crippen LogP) is 3.79. The first kappa shape index (κ1) is 14.3. The van der Waals surface area contributed by atoms with Gasteiger partial charge in [-0.05, 0) is 23.8 Å². The van der Waals surface area contributed by atoms with Crippen molar-refractivity contribution < 1.29 is 4.39 Å². The number of H-pyrrole nitrogens is 1. The molecule has 5 heteroatoms. The summed E-state index contributed by atoms with van der Waals surface area (Å²) in [6, 6.07) is 17.4. The van der Waals surface area contributed by atoms with Gasteiger partial charge in [-0.15, -0.1) is 5.10 Å². The number of fused-ring (bicyclic) bond motifs is 1. The van der Waals surface area contributed by atoms with Crippen molar-refractivity contribution in [2.45, 2.75) is 0 Å². The van der Waals surface area contributed by atoms with E-state index in [1.807, 2.05) is 30.3 Å². The molecule has 0 atom stereocenters. The molecule has 0 fully saturated rings. The second kappa shape index (κ2) is 5.70. The standard InChI is InChI=1S/C19H12FN3O/c20-16-9-5-4-8-14(16)18-17-13(11-21-23-18)10-15(19(24)22-17)12-6-2-1-3-7-12/h1-11H,(H,22,24). The minimum Gasteiger partial charge on any atom is -0.319 e. The zero-order chi connectivity index (χ0) is 16.5. The maximum Gasteiger partial charge on any atom is 0.256 e. The van der Waals surface area contributed by atoms with Gasteiger partial charge in [0.2, 0.25) is 0 Å². The first-order valence-electron chi connectivity index (χ1n) is 7.43. The fourth-order valence-electron chi connectivity index (χ4n) is 2.72. The fourth-order valence-corrected chi connectivity index (χ4v) is 2.72. The van der Waals surface area contributed by atoms with Crippen LogP contribution in [0.5, 0.6) is 0 Å². The number of aromatic amines is 1. The Balaban J connectivity index is 1.99. The normalized spacial score (nSPS) is 10.9. The molecular weight excluding hydrogens is 305 g/mol. The number of rotatable bonds is 2. The van der Waals surface area contributed by atoms with Crippen LogP contribution in [0.1, 0.15) is 0 Å². The highest BCUT2D eigenvalue weighted by Gasteiger charge is 2.13. The van der Waals surface area contributed by atoms with E-state index in [2.05, 4.69) is 15.2 Å². The van der Waals surface area contributed by atoms with Crippen LogP contribution in [-0.2, 0) is 0 Å². The first-order valence-corrected chi connectivity index (χ1v) is 7.43. The van der Waals surface area contributed by atoms with Crippen LogP contribution < -0.4 is 5.56 Å². The van der Waals surface area contributed by atoms with Gasteiger partial charge in [0.1, 0.15) is 11.5 Å². The minimum atomic E-state index is -0.410. The predicted molar refractivity (Wildman–Crippen MR) is 91.0 cm³/mol. The number of nitrogens with one attached hydrogen (secondary N) is 1. The quantitative estimate of drug-likeness (QED) is 0.612. The summed E-state index contributed by atoms with van der Waals surface area (Å²) in [5.74, 6) is -0.410. The number of nitrogens with zero attached hydrogens (tertiary/aromatic N) is 2. The highest BCUT2D eigenvalue weighted by Crippen LogP contribution is 2.27. The van der Waals surface area contributed by atoms with Crippen molar-refractivity contribution in [3.63, 3.8) is 0 Å². The van der Waals surface area contributed by atoms with Gasteiger partial charge < -0.3 is 4.98 Å². The van der Waals surface area contributed by atoms with Crippen LogP contribution in [0.2, 0.25) is 0 Å². The maximum atomic E-state index is 14.1. The van der Waals surface area contributed by atoms with Crippen LogP contribution in [-0.4, -0.2) is 15.2 Å². The van der Waals surface area contributed by atoms with Crippen molar-refractivity contribution in [1.82, 2.24) is 15.2 Å². The molecule has 24 heavy (non-hydrogen) atoms. The number of hydrogen-bond acceptors (Lipinski definition) is 3. The Morgan fingerprint density at radius 3 is 2.46 bits per heavy atom. The fraction of sp³-hybridized carbons (Fsp3) is 0. The largest absolute Gasteiger partial charge is 0.319 e. The molecule has 116 valence electrons. The SMILES string of the molecule is O=c1[nH]c2c(-c3ccccc3F)nncc2cc1-c1ccccc1. The van der Waals surface area contributed by atoms with E-state index in [1.165, 1.54) is 6.07 Å². The molecule has 0 amide bonds. The summed E-state index contributed by atoms with van der Waals surface area (Å²) in [6.07, 6.45) is 1.56. The van der Waals surface area contributed by atoms with Crippen molar-refractivity contribution in [3.05, 3.63) is 83.0 Å². The van der Waals surface area contributed by atoms with Gasteiger partial charge in [0, 0.05) is 16.5 Å². The molecule has 0 spiro atoms. The van der Waals surface area contributed by atoms with E-state index >= 15 is 0 Å². The number of pyridine rings is 1. The highest BCUT2D eigenvalue weighted by molar-refractivity contribution is 5.92. The summed E-state index contributed by atoms with van der Waals surface area (Å²) < 4.78 is 14.1. The Morgan fingerprint density at radius 1 is 0.917 bits per heavy atom. The third-order valence-electron chi connectivity index (χ3n) is 3.88. The molecule has 0 aliphatic rings. The van der Waals surface area contributed by atoms with E-state index in [1.54, 1.807) is 30.5 Å². The lowest BCUT2D eigenvalue weighted by Gasteiger charge is -2.07. The van der Waals surface area contributed by atoms with E-state index in [0.717, 1.165) is 5.56 Å². The first-order chi connectivity index (χ1) is 11.7. The van der Waals surface area contributed by atoms with Gasteiger partial charge in [-0.25, -0.2) is 4.39 Å². The molecule has 2 heterocycles. The molecule has 0 aliphatic heterocycles. The zero-order valence-corrected chi connectivity index (χ0v) is 12.5. The third-order valence-corrected chi connectivity index (χ3v) is 3.88. The lowest BCUT2D eigenvalue weighted by atomic mass is 10.0. The van der Waals surface area contributed by atoms with E-state index in [-0.39, 0.29) is 5.56 Å². The molecule has 2 aromatic carbocycles. The van der Waals surface area contributed by atoms with E-state index in [0.29, 0.717) is 27.7 Å². The topological polar surface area (TPSA) is 58.6 Å². The molecule has 0 saturated heterocycles. The molecule has 0 bridgehead atoms. The molecule has 2 aromatic heterocycles. The average Bonchev–Trinajstić information content (AvgIpc) is 2.62. The molecule has 0 radical (unpaired) electrons. The van der Waals surface area contributed by atoms with Crippen molar-refractivity contribution in [3.8, 4) is 22.4 Å².